The average Bonchev–Trinajstić information content (AvgIpc) is 3.30. The quantitative estimate of drug-likeness (QED) is 0.109. The summed E-state index contributed by atoms with van der Waals surface area (Å²) in [6.45, 7) is 6.20. The second-order valence-corrected chi connectivity index (χ2v) is 10.9. The van der Waals surface area contributed by atoms with Crippen LogP contribution in [0.2, 0.25) is 0 Å². The predicted molar refractivity (Wildman–Crippen MR) is 149 cm³/mol. The minimum Gasteiger partial charge on any atom is -0.383 e. The molecule has 2 aromatic rings. The van der Waals surface area contributed by atoms with Crippen molar-refractivity contribution in [2.45, 2.75) is 50.7 Å². The average molecular weight is 571 g/mol. The van der Waals surface area contributed by atoms with E-state index in [1.165, 1.54) is 6.07 Å². The highest BCUT2D eigenvalue weighted by molar-refractivity contribution is 6.61. The van der Waals surface area contributed by atoms with Crippen LogP contribution >= 0.6 is 0 Å². The number of fused-ring (bicyclic) bond motifs is 5. The zero-order valence-corrected chi connectivity index (χ0v) is 22.6. The van der Waals surface area contributed by atoms with Gasteiger partial charge in [-0.25, -0.2) is 13.8 Å². The van der Waals surface area contributed by atoms with E-state index in [4.69, 9.17) is 24.4 Å². The van der Waals surface area contributed by atoms with Crippen molar-refractivity contribution < 1.29 is 26.7 Å². The fourth-order valence-corrected chi connectivity index (χ4v) is 5.84. The highest BCUT2D eigenvalue weighted by Crippen LogP contribution is 2.52. The Hall–Kier alpha value is -3.81. The number of alkyl halides is 4. The molecule has 3 aliphatic rings. The number of aliphatic imine (C=N–C) groups is 2. The molecule has 2 unspecified atom stereocenters. The number of rotatable bonds is 5. The first-order valence-corrected chi connectivity index (χ1v) is 12.6. The van der Waals surface area contributed by atoms with Crippen molar-refractivity contribution in [2.75, 3.05) is 28.4 Å². The number of carbonyl (C=O) groups excluding carboxylic acids is 1. The lowest BCUT2D eigenvalue weighted by Crippen LogP contribution is -2.65. The molecular formula is C25H26B2F5N8O. The molecule has 213 valence electrons. The van der Waals surface area contributed by atoms with Gasteiger partial charge in [-0.1, -0.05) is 6.92 Å². The third-order valence-corrected chi connectivity index (χ3v) is 7.15. The number of guanidine groups is 1. The number of nitrogens with one attached hydrogen (secondary N) is 2. The number of amides is 1. The lowest BCUT2D eigenvalue weighted by Gasteiger charge is -2.46. The van der Waals surface area contributed by atoms with Crippen LogP contribution in [0, 0.1) is 5.82 Å². The lowest BCUT2D eigenvalue weighted by atomic mass is 9.39. The molecule has 0 saturated carbocycles. The first kappa shape index (κ1) is 28.7. The molecule has 3 radical (unpaired) electrons. The zero-order valence-electron chi connectivity index (χ0n) is 22.6. The van der Waals surface area contributed by atoms with Gasteiger partial charge in [-0.2, -0.15) is 13.2 Å². The van der Waals surface area contributed by atoms with E-state index in [1.54, 1.807) is 23.6 Å². The van der Waals surface area contributed by atoms with Crippen molar-refractivity contribution in [3.05, 3.63) is 46.3 Å². The maximum absolute atomic E-state index is 14.3. The third kappa shape index (κ3) is 4.57. The fourth-order valence-electron chi connectivity index (χ4n) is 5.84. The summed E-state index contributed by atoms with van der Waals surface area (Å²) >= 11 is 0. The Morgan fingerprint density at radius 2 is 1.98 bits per heavy atom. The van der Waals surface area contributed by atoms with Gasteiger partial charge in [0.05, 0.1) is 54.3 Å². The molecule has 0 aromatic heterocycles. The number of nitrogens with zero attached hydrogens (tertiary/aromatic N) is 4. The van der Waals surface area contributed by atoms with Gasteiger partial charge in [0.2, 0.25) is 5.96 Å². The summed E-state index contributed by atoms with van der Waals surface area (Å²) in [5, 5.41) is 1.67. The number of amidine groups is 1. The predicted octanol–water partition coefficient (Wildman–Crippen LogP) is 3.22. The number of hydrogen-bond acceptors (Lipinski definition) is 7. The van der Waals surface area contributed by atoms with Crippen LogP contribution in [0.1, 0.15) is 60.8 Å². The van der Waals surface area contributed by atoms with E-state index in [1.807, 2.05) is 26.6 Å². The number of nitrogens with two attached hydrogens (primary N) is 2. The van der Waals surface area contributed by atoms with Crippen molar-refractivity contribution in [1.29, 1.82) is 0 Å². The van der Waals surface area contributed by atoms with Crippen LogP contribution < -0.4 is 32.1 Å². The van der Waals surface area contributed by atoms with Crippen molar-refractivity contribution >= 4 is 55.6 Å². The minimum atomic E-state index is -4.95. The number of hydrogen-bond donors (Lipinski definition) is 4. The van der Waals surface area contributed by atoms with Gasteiger partial charge in [0.1, 0.15) is 18.3 Å². The standard InChI is InChI=1S/C25H26B2F5N8O/c1-10-16-14(36-20(33)12-7-11(29)8-13(18(12)38-34)25(30,31)32)9-15-19(17(16)21(41)35-10)40-22(39(15)6-5-28)37-23(2,3)27-24(40,4)26/h7-10,38H,5-6,34H2,1-4H3,(H2,33,36)(H,35,41). The SMILES string of the molecule is [B]C1(C)[B]C(C)(C)N=C2N(CCF)c3cc(N=C(N)c4cc(F)cc(C(F)(F)F)c4NN)c4c(c3N21)C(=O)NC4C. The lowest BCUT2D eigenvalue weighted by molar-refractivity contribution is -0.137. The van der Waals surface area contributed by atoms with Crippen LogP contribution in [-0.2, 0) is 6.18 Å². The third-order valence-electron chi connectivity index (χ3n) is 7.15. The summed E-state index contributed by atoms with van der Waals surface area (Å²) in [5.74, 6) is 3.54. The Kier molecular flexibility index (Phi) is 6.55. The summed E-state index contributed by atoms with van der Waals surface area (Å²) in [7, 11) is 8.53. The van der Waals surface area contributed by atoms with Crippen molar-refractivity contribution in [3.63, 3.8) is 0 Å². The van der Waals surface area contributed by atoms with Crippen LogP contribution in [0.15, 0.2) is 28.2 Å². The number of nitrogen functional groups attached to an aromatic ring is 1. The van der Waals surface area contributed by atoms with Crippen molar-refractivity contribution in [3.8, 4) is 0 Å². The van der Waals surface area contributed by atoms with Crippen LogP contribution in [0.25, 0.3) is 0 Å². The molecule has 0 fully saturated rings. The molecule has 41 heavy (non-hydrogen) atoms. The molecule has 3 aliphatic heterocycles. The molecule has 3 heterocycles. The van der Waals surface area contributed by atoms with Gasteiger partial charge in [-0.3, -0.25) is 15.6 Å². The molecule has 0 saturated heterocycles. The normalized spacial score (nSPS) is 23.0. The topological polar surface area (TPSA) is 124 Å². The molecule has 2 aromatic carbocycles. The molecule has 16 heteroatoms. The van der Waals surface area contributed by atoms with Gasteiger partial charge >= 0.3 is 6.18 Å². The summed E-state index contributed by atoms with van der Waals surface area (Å²) < 4.78 is 69.1. The molecule has 0 aliphatic carbocycles. The smallest absolute Gasteiger partial charge is 0.383 e. The van der Waals surface area contributed by atoms with E-state index >= 15 is 0 Å². The maximum atomic E-state index is 14.3. The molecule has 6 N–H and O–H groups in total. The van der Waals surface area contributed by atoms with E-state index in [9.17, 15) is 26.7 Å². The molecule has 5 rings (SSSR count). The Balaban J connectivity index is 1.78. The van der Waals surface area contributed by atoms with Gasteiger partial charge in [-0.05, 0) is 44.3 Å². The van der Waals surface area contributed by atoms with Gasteiger partial charge in [0.15, 0.2) is 7.28 Å². The van der Waals surface area contributed by atoms with Crippen LogP contribution in [-0.4, -0.2) is 56.8 Å². The number of halogens is 5. The van der Waals surface area contributed by atoms with Gasteiger partial charge in [0, 0.05) is 16.6 Å². The van der Waals surface area contributed by atoms with Crippen molar-refractivity contribution in [1.82, 2.24) is 5.32 Å². The fraction of sp³-hybridized carbons (Fsp3) is 0.400. The Morgan fingerprint density at radius 3 is 2.59 bits per heavy atom. The van der Waals surface area contributed by atoms with Gasteiger partial charge in [-0.15, -0.1) is 0 Å². The summed E-state index contributed by atoms with van der Waals surface area (Å²) in [6, 6.07) is 2.00. The monoisotopic (exact) mass is 571 g/mol. The first-order valence-electron chi connectivity index (χ1n) is 12.6. The Morgan fingerprint density at radius 1 is 1.29 bits per heavy atom. The molecule has 1 amide bonds. The summed E-state index contributed by atoms with van der Waals surface area (Å²) in [6.07, 6.45) is -4.95. The molecule has 9 nitrogen and oxygen atoms in total. The minimum absolute atomic E-state index is 0.106. The highest BCUT2D eigenvalue weighted by Gasteiger charge is 2.51. The molecular weight excluding hydrogens is 545 g/mol. The second-order valence-electron chi connectivity index (χ2n) is 10.9. The van der Waals surface area contributed by atoms with Crippen LogP contribution in [0.4, 0.5) is 44.7 Å². The van der Waals surface area contributed by atoms with Gasteiger partial charge in [0.25, 0.3) is 5.91 Å². The van der Waals surface area contributed by atoms with Crippen molar-refractivity contribution in [2.24, 2.45) is 21.6 Å². The molecule has 0 spiro atoms. The number of benzene rings is 2. The van der Waals surface area contributed by atoms with E-state index < -0.39 is 64.0 Å². The molecule has 2 atom stereocenters. The van der Waals surface area contributed by atoms with E-state index in [0.717, 1.165) is 6.07 Å². The summed E-state index contributed by atoms with van der Waals surface area (Å²) in [5.41, 5.74) is 6.32. The van der Waals surface area contributed by atoms with E-state index in [2.05, 4.69) is 10.3 Å². The Labute approximate surface area is 234 Å². The summed E-state index contributed by atoms with van der Waals surface area (Å²) in [4.78, 5) is 25.7. The number of carbonyl (C=O) groups is 1. The second kappa shape index (κ2) is 9.36. The van der Waals surface area contributed by atoms with E-state index in [0.29, 0.717) is 22.9 Å². The van der Waals surface area contributed by atoms with Crippen LogP contribution in [0.3, 0.4) is 0 Å². The van der Waals surface area contributed by atoms with Gasteiger partial charge < -0.3 is 26.3 Å². The largest absolute Gasteiger partial charge is 0.418 e. The maximum Gasteiger partial charge on any atom is 0.418 e. The number of anilines is 3. The highest BCUT2D eigenvalue weighted by atomic mass is 19.4. The first-order chi connectivity index (χ1) is 19.0. The molecule has 0 bridgehead atoms. The number of hydrazine groups is 1. The van der Waals surface area contributed by atoms with E-state index in [-0.39, 0.29) is 23.9 Å². The Bertz CT molecular complexity index is 1520. The van der Waals surface area contributed by atoms with Crippen LogP contribution in [0.5, 0.6) is 0 Å². The zero-order chi connectivity index (χ0) is 30.2.